The van der Waals surface area contributed by atoms with Crippen LogP contribution in [0.5, 0.6) is 0 Å². The van der Waals surface area contributed by atoms with E-state index in [1.54, 1.807) is 0 Å². The van der Waals surface area contributed by atoms with Gasteiger partial charge in [-0.2, -0.15) is 0 Å². The summed E-state index contributed by atoms with van der Waals surface area (Å²) in [6.07, 6.45) is 5.58. The second-order valence-electron chi connectivity index (χ2n) is 3.34. The highest BCUT2D eigenvalue weighted by Crippen LogP contribution is 2.22. The van der Waals surface area contributed by atoms with Gasteiger partial charge in [-0.05, 0) is 25.2 Å². The van der Waals surface area contributed by atoms with Gasteiger partial charge in [0.25, 0.3) is 0 Å². The molecule has 0 aromatic heterocycles. The number of ether oxygens (including phenoxy) is 1. The molecule has 66 valence electrons. The van der Waals surface area contributed by atoms with Crippen LogP contribution in [0.1, 0.15) is 32.6 Å². The van der Waals surface area contributed by atoms with Crippen LogP contribution in [0.25, 0.3) is 0 Å². The van der Waals surface area contributed by atoms with Crippen LogP contribution in [0.15, 0.2) is 0 Å². The molecule has 1 saturated heterocycles. The standard InChI is InChI=1S/C9H17ClO/c1-2-3-8(6-10)4-5-9-7-11-9/h8-9H,2-7H2,1H3. The normalized spacial score (nSPS) is 25.1. The first-order valence-electron chi connectivity index (χ1n) is 4.54. The Bertz CT molecular complexity index is 102. The van der Waals surface area contributed by atoms with Crippen LogP contribution in [0, 0.1) is 5.92 Å². The number of hydrogen-bond donors (Lipinski definition) is 0. The van der Waals surface area contributed by atoms with Crippen molar-refractivity contribution >= 4 is 11.6 Å². The lowest BCUT2D eigenvalue weighted by Crippen LogP contribution is -2.03. The van der Waals surface area contributed by atoms with E-state index >= 15 is 0 Å². The van der Waals surface area contributed by atoms with Crippen LogP contribution in [0.3, 0.4) is 0 Å². The quantitative estimate of drug-likeness (QED) is 0.448. The van der Waals surface area contributed by atoms with E-state index in [1.165, 1.54) is 25.7 Å². The molecule has 0 amide bonds. The molecule has 1 fully saturated rings. The Labute approximate surface area is 74.1 Å². The summed E-state index contributed by atoms with van der Waals surface area (Å²) < 4.78 is 5.14. The summed E-state index contributed by atoms with van der Waals surface area (Å²) in [7, 11) is 0. The second kappa shape index (κ2) is 5.00. The maximum absolute atomic E-state index is 5.81. The Morgan fingerprint density at radius 3 is 2.73 bits per heavy atom. The molecule has 2 atom stereocenters. The molecule has 0 bridgehead atoms. The van der Waals surface area contributed by atoms with Gasteiger partial charge in [-0.15, -0.1) is 11.6 Å². The molecule has 0 aromatic carbocycles. The van der Waals surface area contributed by atoms with Crippen LogP contribution in [-0.2, 0) is 4.74 Å². The molecule has 0 radical (unpaired) electrons. The fourth-order valence-electron chi connectivity index (χ4n) is 1.36. The topological polar surface area (TPSA) is 12.5 Å². The fraction of sp³-hybridized carbons (Fsp3) is 1.00. The fourth-order valence-corrected chi connectivity index (χ4v) is 1.67. The summed E-state index contributed by atoms with van der Waals surface area (Å²) in [5.74, 6) is 1.55. The van der Waals surface area contributed by atoms with Crippen molar-refractivity contribution in [1.82, 2.24) is 0 Å². The van der Waals surface area contributed by atoms with Gasteiger partial charge in [-0.3, -0.25) is 0 Å². The van der Waals surface area contributed by atoms with Crippen molar-refractivity contribution in [1.29, 1.82) is 0 Å². The number of alkyl halides is 1. The minimum absolute atomic E-state index is 0.581. The van der Waals surface area contributed by atoms with E-state index in [0.29, 0.717) is 6.10 Å². The Hall–Kier alpha value is 0.250. The van der Waals surface area contributed by atoms with Crippen LogP contribution in [0.4, 0.5) is 0 Å². The highest BCUT2D eigenvalue weighted by molar-refractivity contribution is 6.18. The first-order chi connectivity index (χ1) is 5.36. The molecule has 2 heteroatoms. The number of hydrogen-bond acceptors (Lipinski definition) is 1. The number of halogens is 1. The SMILES string of the molecule is CCCC(CCl)CCC1CO1. The molecule has 0 aromatic rings. The molecule has 0 spiro atoms. The highest BCUT2D eigenvalue weighted by Gasteiger charge is 2.22. The average Bonchev–Trinajstić information content (AvgIpc) is 2.81. The summed E-state index contributed by atoms with van der Waals surface area (Å²) in [5.41, 5.74) is 0. The molecule has 1 heterocycles. The minimum Gasteiger partial charge on any atom is -0.373 e. The predicted molar refractivity (Wildman–Crippen MR) is 48.1 cm³/mol. The van der Waals surface area contributed by atoms with Gasteiger partial charge in [0.05, 0.1) is 12.7 Å². The van der Waals surface area contributed by atoms with E-state index < -0.39 is 0 Å². The number of rotatable bonds is 6. The summed E-state index contributed by atoms with van der Waals surface area (Å²) in [4.78, 5) is 0. The third kappa shape index (κ3) is 3.97. The lowest BCUT2D eigenvalue weighted by atomic mass is 9.99. The van der Waals surface area contributed by atoms with Gasteiger partial charge >= 0.3 is 0 Å². The molecule has 2 unspecified atom stereocenters. The molecule has 1 rings (SSSR count). The summed E-state index contributed by atoms with van der Waals surface area (Å²) >= 11 is 5.81. The van der Waals surface area contributed by atoms with Crippen LogP contribution in [-0.4, -0.2) is 18.6 Å². The Morgan fingerprint density at radius 2 is 2.27 bits per heavy atom. The van der Waals surface area contributed by atoms with Crippen molar-refractivity contribution in [2.45, 2.75) is 38.7 Å². The van der Waals surface area contributed by atoms with Gasteiger partial charge < -0.3 is 4.74 Å². The first kappa shape index (κ1) is 9.34. The maximum Gasteiger partial charge on any atom is 0.0810 e. The zero-order valence-corrected chi connectivity index (χ0v) is 7.94. The van der Waals surface area contributed by atoms with Gasteiger partial charge in [0.15, 0.2) is 0 Å². The molecule has 11 heavy (non-hydrogen) atoms. The van der Waals surface area contributed by atoms with Crippen molar-refractivity contribution in [2.24, 2.45) is 5.92 Å². The first-order valence-corrected chi connectivity index (χ1v) is 5.07. The monoisotopic (exact) mass is 176 g/mol. The third-order valence-corrected chi connectivity index (χ3v) is 2.65. The van der Waals surface area contributed by atoms with Crippen molar-refractivity contribution in [3.05, 3.63) is 0 Å². The lowest BCUT2D eigenvalue weighted by molar-refractivity contribution is 0.367. The molecular formula is C9H17ClO. The summed E-state index contributed by atoms with van der Waals surface area (Å²) in [6.45, 7) is 3.20. The van der Waals surface area contributed by atoms with Crippen molar-refractivity contribution < 1.29 is 4.74 Å². The van der Waals surface area contributed by atoms with Gasteiger partial charge in [0.1, 0.15) is 0 Å². The van der Waals surface area contributed by atoms with Crippen molar-refractivity contribution in [3.63, 3.8) is 0 Å². The molecule has 1 aliphatic rings. The van der Waals surface area contributed by atoms with E-state index in [2.05, 4.69) is 6.92 Å². The van der Waals surface area contributed by atoms with Crippen LogP contribution >= 0.6 is 11.6 Å². The van der Waals surface area contributed by atoms with Crippen LogP contribution < -0.4 is 0 Å². The summed E-state index contributed by atoms with van der Waals surface area (Å²) in [5, 5.41) is 0. The molecule has 0 aliphatic carbocycles. The lowest BCUT2D eigenvalue weighted by Gasteiger charge is -2.10. The van der Waals surface area contributed by atoms with Crippen molar-refractivity contribution in [3.8, 4) is 0 Å². The highest BCUT2D eigenvalue weighted by atomic mass is 35.5. The zero-order chi connectivity index (χ0) is 8.10. The van der Waals surface area contributed by atoms with Gasteiger partial charge in [-0.25, -0.2) is 0 Å². The van der Waals surface area contributed by atoms with Crippen molar-refractivity contribution in [2.75, 3.05) is 12.5 Å². The summed E-state index contributed by atoms with van der Waals surface area (Å²) in [6, 6.07) is 0. The van der Waals surface area contributed by atoms with Gasteiger partial charge in [-0.1, -0.05) is 13.3 Å². The van der Waals surface area contributed by atoms with E-state index in [4.69, 9.17) is 16.3 Å². The van der Waals surface area contributed by atoms with E-state index in [1.807, 2.05) is 0 Å². The third-order valence-electron chi connectivity index (χ3n) is 2.21. The van der Waals surface area contributed by atoms with E-state index in [-0.39, 0.29) is 0 Å². The zero-order valence-electron chi connectivity index (χ0n) is 7.18. The molecule has 0 N–H and O–H groups in total. The van der Waals surface area contributed by atoms with Gasteiger partial charge in [0.2, 0.25) is 0 Å². The molecular weight excluding hydrogens is 160 g/mol. The number of epoxide rings is 1. The van der Waals surface area contributed by atoms with Crippen LogP contribution in [0.2, 0.25) is 0 Å². The second-order valence-corrected chi connectivity index (χ2v) is 3.65. The average molecular weight is 177 g/mol. The van der Waals surface area contributed by atoms with E-state index in [9.17, 15) is 0 Å². The molecule has 1 aliphatic heterocycles. The van der Waals surface area contributed by atoms with E-state index in [0.717, 1.165) is 18.4 Å². The smallest absolute Gasteiger partial charge is 0.0810 e. The Balaban J connectivity index is 1.98. The Kier molecular flexibility index (Phi) is 4.24. The minimum atomic E-state index is 0.581. The molecule has 0 saturated carbocycles. The maximum atomic E-state index is 5.81. The molecule has 1 nitrogen and oxygen atoms in total. The predicted octanol–water partition coefficient (Wildman–Crippen LogP) is 2.82. The largest absolute Gasteiger partial charge is 0.373 e. The van der Waals surface area contributed by atoms with Gasteiger partial charge in [0, 0.05) is 5.88 Å². The Morgan fingerprint density at radius 1 is 1.55 bits per heavy atom.